The molecule has 3 aromatic heterocycles. The quantitative estimate of drug-likeness (QED) is 0.602. The number of aromatic nitrogens is 4. The first-order chi connectivity index (χ1) is 14.4. The lowest BCUT2D eigenvalue weighted by Crippen LogP contribution is -2.35. The van der Waals surface area contributed by atoms with Crippen molar-refractivity contribution in [3.05, 3.63) is 68.7 Å². The van der Waals surface area contributed by atoms with E-state index in [0.717, 1.165) is 60.9 Å². The number of nitrogens with one attached hydrogen (secondary N) is 1. The summed E-state index contributed by atoms with van der Waals surface area (Å²) in [4.78, 5) is 23.5. The van der Waals surface area contributed by atoms with Crippen LogP contribution in [0.15, 0.2) is 40.5 Å². The maximum absolute atomic E-state index is 12.3. The second-order valence-corrected chi connectivity index (χ2v) is 9.28. The average molecular weight is 424 g/mol. The first kappa shape index (κ1) is 20.8. The summed E-state index contributed by atoms with van der Waals surface area (Å²) in [7, 11) is 0. The van der Waals surface area contributed by atoms with E-state index >= 15 is 0 Å². The van der Waals surface area contributed by atoms with Gasteiger partial charge in [0.05, 0.1) is 22.8 Å². The molecule has 4 heterocycles. The third kappa shape index (κ3) is 4.47. The van der Waals surface area contributed by atoms with Crippen LogP contribution >= 0.6 is 11.3 Å². The summed E-state index contributed by atoms with van der Waals surface area (Å²) in [6.45, 7) is 13.9. The van der Waals surface area contributed by atoms with Crippen LogP contribution in [0.3, 0.4) is 0 Å². The van der Waals surface area contributed by atoms with Crippen molar-refractivity contribution in [1.82, 2.24) is 24.6 Å². The van der Waals surface area contributed by atoms with Gasteiger partial charge >= 0.3 is 0 Å². The van der Waals surface area contributed by atoms with Crippen LogP contribution in [0, 0.1) is 13.8 Å². The molecular formula is C23H29N5OS. The summed E-state index contributed by atoms with van der Waals surface area (Å²) >= 11 is 1.59. The van der Waals surface area contributed by atoms with E-state index in [-0.39, 0.29) is 11.5 Å². The van der Waals surface area contributed by atoms with Crippen LogP contribution < -0.4 is 5.56 Å². The predicted octanol–water partition coefficient (Wildman–Crippen LogP) is 4.27. The molecule has 0 bridgehead atoms. The van der Waals surface area contributed by atoms with Crippen LogP contribution in [0.4, 0.5) is 0 Å². The number of hydrogen-bond acceptors (Lipinski definition) is 5. The topological polar surface area (TPSA) is 66.8 Å². The smallest absolute Gasteiger partial charge is 0.251 e. The number of piperidine rings is 1. The minimum atomic E-state index is -0.0757. The van der Waals surface area contributed by atoms with E-state index in [9.17, 15) is 4.79 Å². The minimum absolute atomic E-state index is 0.0757. The van der Waals surface area contributed by atoms with E-state index in [1.165, 1.54) is 11.3 Å². The number of aromatic amines is 1. The highest BCUT2D eigenvalue weighted by molar-refractivity contribution is 7.13. The van der Waals surface area contributed by atoms with Crippen molar-refractivity contribution in [3.8, 4) is 10.7 Å². The maximum atomic E-state index is 12.3. The van der Waals surface area contributed by atoms with Gasteiger partial charge in [0.25, 0.3) is 5.56 Å². The summed E-state index contributed by atoms with van der Waals surface area (Å²) in [6, 6.07) is 5.65. The van der Waals surface area contributed by atoms with Gasteiger partial charge < -0.3 is 4.98 Å². The molecule has 0 spiro atoms. The molecule has 0 radical (unpaired) electrons. The third-order valence-electron chi connectivity index (χ3n) is 5.77. The van der Waals surface area contributed by atoms with E-state index in [0.29, 0.717) is 5.82 Å². The van der Waals surface area contributed by atoms with Gasteiger partial charge in [-0.15, -0.1) is 11.3 Å². The van der Waals surface area contributed by atoms with Crippen molar-refractivity contribution < 1.29 is 0 Å². The Labute approximate surface area is 181 Å². The summed E-state index contributed by atoms with van der Waals surface area (Å²) in [5, 5.41) is 6.72. The predicted molar refractivity (Wildman–Crippen MR) is 122 cm³/mol. The number of nitrogens with zero attached hydrogens (tertiary/aromatic N) is 4. The van der Waals surface area contributed by atoms with Crippen molar-refractivity contribution in [2.45, 2.75) is 52.6 Å². The Morgan fingerprint density at radius 2 is 2.23 bits per heavy atom. The minimum Gasteiger partial charge on any atom is -0.306 e. The molecule has 1 aliphatic rings. The van der Waals surface area contributed by atoms with Crippen molar-refractivity contribution in [3.63, 3.8) is 0 Å². The second-order valence-electron chi connectivity index (χ2n) is 8.33. The summed E-state index contributed by atoms with van der Waals surface area (Å²) in [5.74, 6) is 0.947. The Morgan fingerprint density at radius 3 is 2.97 bits per heavy atom. The Kier molecular flexibility index (Phi) is 6.01. The van der Waals surface area contributed by atoms with Crippen LogP contribution in [0.25, 0.3) is 10.7 Å². The number of allylic oxidation sites excluding steroid dienone is 1. The monoisotopic (exact) mass is 423 g/mol. The highest BCUT2D eigenvalue weighted by atomic mass is 32.1. The summed E-state index contributed by atoms with van der Waals surface area (Å²) < 4.78 is 2.06. The lowest BCUT2D eigenvalue weighted by molar-refractivity contribution is 0.197. The van der Waals surface area contributed by atoms with Crippen molar-refractivity contribution in [2.75, 3.05) is 13.1 Å². The van der Waals surface area contributed by atoms with Crippen LogP contribution in [-0.2, 0) is 13.1 Å². The molecular weight excluding hydrogens is 394 g/mol. The zero-order chi connectivity index (χ0) is 21.3. The molecule has 158 valence electrons. The van der Waals surface area contributed by atoms with E-state index in [2.05, 4.69) is 35.0 Å². The van der Waals surface area contributed by atoms with Gasteiger partial charge in [-0.1, -0.05) is 18.2 Å². The van der Waals surface area contributed by atoms with Crippen LogP contribution in [-0.4, -0.2) is 37.7 Å². The van der Waals surface area contributed by atoms with Crippen molar-refractivity contribution >= 4 is 11.3 Å². The molecule has 4 rings (SSSR count). The standard InChI is InChI=1S/C23H29N5OS/c1-15(2)12-28-17(4)19(16(3)26-28)14-27-9-5-7-18(13-27)20-11-22(29)25-23(24-20)21-8-6-10-30-21/h6,8,10-11,18H,1,5,7,9,12-14H2,2-4H3,(H,24,25,29). The second kappa shape index (κ2) is 8.70. The van der Waals surface area contributed by atoms with Crippen LogP contribution in [0.2, 0.25) is 0 Å². The van der Waals surface area contributed by atoms with Crippen LogP contribution in [0.5, 0.6) is 0 Å². The SMILES string of the molecule is C=C(C)Cn1nc(C)c(CN2CCCC(c3cc(=O)[nH]c(-c4cccs4)n3)C2)c1C. The first-order valence-electron chi connectivity index (χ1n) is 10.5. The number of rotatable bonds is 6. The highest BCUT2D eigenvalue weighted by Gasteiger charge is 2.25. The first-order valence-corrected chi connectivity index (χ1v) is 11.3. The van der Waals surface area contributed by atoms with Gasteiger partial charge in [-0.05, 0) is 51.6 Å². The molecule has 1 saturated heterocycles. The molecule has 6 nitrogen and oxygen atoms in total. The van der Waals surface area contributed by atoms with Gasteiger partial charge in [0.15, 0.2) is 0 Å². The van der Waals surface area contributed by atoms with Crippen LogP contribution in [0.1, 0.15) is 48.3 Å². The molecule has 30 heavy (non-hydrogen) atoms. The fourth-order valence-electron chi connectivity index (χ4n) is 4.25. The van der Waals surface area contributed by atoms with Gasteiger partial charge in [-0.2, -0.15) is 5.10 Å². The number of thiophene rings is 1. The Hall–Kier alpha value is -2.51. The van der Waals surface area contributed by atoms with Crippen molar-refractivity contribution in [2.24, 2.45) is 0 Å². The average Bonchev–Trinajstić information content (AvgIpc) is 3.33. The number of aryl methyl sites for hydroxylation is 1. The van der Waals surface area contributed by atoms with E-state index in [4.69, 9.17) is 10.1 Å². The van der Waals surface area contributed by atoms with Crippen molar-refractivity contribution in [1.29, 1.82) is 0 Å². The third-order valence-corrected chi connectivity index (χ3v) is 6.65. The van der Waals surface area contributed by atoms with Gasteiger partial charge in [0, 0.05) is 36.3 Å². The number of likely N-dealkylation sites (tertiary alicyclic amines) is 1. The van der Waals surface area contributed by atoms with Gasteiger partial charge in [-0.3, -0.25) is 14.4 Å². The zero-order valence-electron chi connectivity index (χ0n) is 17.9. The van der Waals surface area contributed by atoms with E-state index in [1.54, 1.807) is 17.4 Å². The number of H-pyrrole nitrogens is 1. The lowest BCUT2D eigenvalue weighted by Gasteiger charge is -2.32. The molecule has 0 aliphatic carbocycles. The molecule has 1 unspecified atom stereocenters. The molecule has 1 fully saturated rings. The summed E-state index contributed by atoms with van der Waals surface area (Å²) in [6.07, 6.45) is 2.16. The Balaban J connectivity index is 1.53. The number of hydrogen-bond donors (Lipinski definition) is 1. The molecule has 1 aliphatic heterocycles. The molecule has 0 aromatic carbocycles. The fourth-order valence-corrected chi connectivity index (χ4v) is 4.92. The molecule has 1 atom stereocenters. The van der Waals surface area contributed by atoms with E-state index < -0.39 is 0 Å². The Morgan fingerprint density at radius 1 is 1.40 bits per heavy atom. The normalized spacial score (nSPS) is 17.4. The molecule has 1 N–H and O–H groups in total. The molecule has 7 heteroatoms. The largest absolute Gasteiger partial charge is 0.306 e. The van der Waals surface area contributed by atoms with Gasteiger partial charge in [0.1, 0.15) is 5.82 Å². The maximum Gasteiger partial charge on any atom is 0.251 e. The molecule has 3 aromatic rings. The van der Waals surface area contributed by atoms with Gasteiger partial charge in [0.2, 0.25) is 0 Å². The molecule has 0 amide bonds. The molecule has 0 saturated carbocycles. The van der Waals surface area contributed by atoms with Gasteiger partial charge in [-0.25, -0.2) is 4.98 Å². The highest BCUT2D eigenvalue weighted by Crippen LogP contribution is 2.29. The zero-order valence-corrected chi connectivity index (χ0v) is 18.8. The van der Waals surface area contributed by atoms with E-state index in [1.807, 2.05) is 24.4 Å². The lowest BCUT2D eigenvalue weighted by atomic mass is 9.94. The Bertz CT molecular complexity index is 1100. The summed E-state index contributed by atoms with van der Waals surface area (Å²) in [5.41, 5.74) is 5.53. The fraction of sp³-hybridized carbons (Fsp3) is 0.435.